The average Bonchev–Trinajstić information content (AvgIpc) is 3.26. The summed E-state index contributed by atoms with van der Waals surface area (Å²) in [6.45, 7) is 8.45. The van der Waals surface area contributed by atoms with Crippen molar-refractivity contribution < 1.29 is 23.8 Å². The Balaban J connectivity index is 1.80. The molecule has 0 radical (unpaired) electrons. The highest BCUT2D eigenvalue weighted by molar-refractivity contribution is 7.07. The van der Waals surface area contributed by atoms with Crippen molar-refractivity contribution in [3.05, 3.63) is 89.6 Å². The number of nitrogens with zero attached hydrogens (tertiary/aromatic N) is 3. The zero-order valence-corrected chi connectivity index (χ0v) is 25.2. The lowest BCUT2D eigenvalue weighted by molar-refractivity contribution is -0.145. The molecule has 1 aromatic heterocycles. The Bertz CT molecular complexity index is 1650. The van der Waals surface area contributed by atoms with E-state index in [0.717, 1.165) is 5.56 Å². The first-order valence-corrected chi connectivity index (χ1v) is 14.4. The van der Waals surface area contributed by atoms with Gasteiger partial charge in [0.15, 0.2) is 22.9 Å². The molecule has 0 saturated carbocycles. The Morgan fingerprint density at radius 3 is 2.44 bits per heavy atom. The Morgan fingerprint density at radius 2 is 1.80 bits per heavy atom. The summed E-state index contributed by atoms with van der Waals surface area (Å²) in [7, 11) is 1.49. The maximum atomic E-state index is 13.9. The molecule has 4 rings (SSSR count). The molecule has 3 aromatic rings. The van der Waals surface area contributed by atoms with Gasteiger partial charge < -0.3 is 19.1 Å². The minimum Gasteiger partial charge on any atom is -0.493 e. The topological polar surface area (TPSA) is 99.4 Å². The predicted molar refractivity (Wildman–Crippen MR) is 158 cm³/mol. The van der Waals surface area contributed by atoms with Gasteiger partial charge in [0.05, 0.1) is 35.6 Å². The number of carbonyl (C=O) groups is 2. The van der Waals surface area contributed by atoms with Gasteiger partial charge in [-0.25, -0.2) is 9.79 Å². The number of hydrogen-bond acceptors (Lipinski definition) is 8. The molecule has 0 N–H and O–H groups in total. The predicted octanol–water partition coefficient (Wildman–Crippen LogP) is 3.71. The number of esters is 1. The van der Waals surface area contributed by atoms with Crippen LogP contribution in [0.5, 0.6) is 11.5 Å². The standard InChI is InChI=1S/C30H32ClN3O6S/c1-6-33(7-2)29(37)26-18(4)32-30-34(27(26)20-10-12-21(31)13-11-20)28(36)24(41-30)16-19-9-14-22(23(15-19)38-5)40-17-25(35)39-8-3/h9-16,27H,6-8,17H2,1-5H3/b24-16+/t27-/m1/s1. The lowest BCUT2D eigenvalue weighted by atomic mass is 9.94. The zero-order valence-electron chi connectivity index (χ0n) is 23.6. The van der Waals surface area contributed by atoms with Crippen molar-refractivity contribution in [3.63, 3.8) is 0 Å². The fraction of sp³-hybridized carbons (Fsp3) is 0.333. The third-order valence-corrected chi connectivity index (χ3v) is 7.86. The molecule has 1 aliphatic rings. The summed E-state index contributed by atoms with van der Waals surface area (Å²) < 4.78 is 17.9. The van der Waals surface area contributed by atoms with Gasteiger partial charge in [0.2, 0.25) is 0 Å². The number of methoxy groups -OCH3 is 1. The van der Waals surface area contributed by atoms with Crippen LogP contribution >= 0.6 is 22.9 Å². The third-order valence-electron chi connectivity index (χ3n) is 6.62. The second kappa shape index (κ2) is 13.2. The van der Waals surface area contributed by atoms with E-state index in [1.54, 1.807) is 59.7 Å². The highest BCUT2D eigenvalue weighted by Crippen LogP contribution is 2.32. The summed E-state index contributed by atoms with van der Waals surface area (Å²) in [4.78, 5) is 46.2. The number of halogens is 1. The van der Waals surface area contributed by atoms with Gasteiger partial charge in [-0.2, -0.15) is 0 Å². The molecule has 0 spiro atoms. The van der Waals surface area contributed by atoms with E-state index in [-0.39, 0.29) is 24.7 Å². The van der Waals surface area contributed by atoms with Crippen LogP contribution in [0.15, 0.2) is 63.5 Å². The van der Waals surface area contributed by atoms with Crippen LogP contribution < -0.4 is 24.4 Å². The molecule has 1 atom stereocenters. The van der Waals surface area contributed by atoms with Crippen molar-refractivity contribution in [1.29, 1.82) is 0 Å². The maximum absolute atomic E-state index is 13.9. The molecule has 11 heteroatoms. The summed E-state index contributed by atoms with van der Waals surface area (Å²) in [5.41, 5.74) is 2.21. The highest BCUT2D eigenvalue weighted by atomic mass is 35.5. The van der Waals surface area contributed by atoms with Crippen LogP contribution in [-0.2, 0) is 14.3 Å². The second-order valence-corrected chi connectivity index (χ2v) is 10.6. The molecule has 41 heavy (non-hydrogen) atoms. The maximum Gasteiger partial charge on any atom is 0.344 e. The highest BCUT2D eigenvalue weighted by Gasteiger charge is 2.34. The molecular formula is C30H32ClN3O6S. The smallest absolute Gasteiger partial charge is 0.344 e. The molecule has 1 aliphatic heterocycles. The molecule has 0 unspecified atom stereocenters. The molecule has 0 aliphatic carbocycles. The number of rotatable bonds is 10. The van der Waals surface area contributed by atoms with Gasteiger partial charge in [0.1, 0.15) is 0 Å². The van der Waals surface area contributed by atoms with E-state index in [1.807, 2.05) is 26.0 Å². The van der Waals surface area contributed by atoms with Crippen molar-refractivity contribution in [2.24, 2.45) is 4.99 Å². The van der Waals surface area contributed by atoms with Gasteiger partial charge in [-0.3, -0.25) is 14.2 Å². The van der Waals surface area contributed by atoms with Gasteiger partial charge in [-0.1, -0.05) is 41.1 Å². The minimum absolute atomic E-state index is 0.159. The van der Waals surface area contributed by atoms with Gasteiger partial charge >= 0.3 is 5.97 Å². The van der Waals surface area contributed by atoms with Crippen molar-refractivity contribution >= 4 is 40.9 Å². The Hall–Kier alpha value is -3.89. The summed E-state index contributed by atoms with van der Waals surface area (Å²) in [6, 6.07) is 11.7. The van der Waals surface area contributed by atoms with Crippen LogP contribution in [0.1, 0.15) is 44.9 Å². The molecule has 2 aromatic carbocycles. The zero-order chi connectivity index (χ0) is 29.7. The third kappa shape index (κ3) is 6.39. The molecule has 0 bridgehead atoms. The van der Waals surface area contributed by atoms with Gasteiger partial charge in [-0.15, -0.1) is 0 Å². The monoisotopic (exact) mass is 597 g/mol. The Morgan fingerprint density at radius 1 is 1.10 bits per heavy atom. The lowest BCUT2D eigenvalue weighted by Gasteiger charge is -2.29. The number of allylic oxidation sites excluding steroid dienone is 1. The number of thiazole rings is 1. The van der Waals surface area contributed by atoms with Gasteiger partial charge in [0.25, 0.3) is 11.5 Å². The number of benzene rings is 2. The summed E-state index contributed by atoms with van der Waals surface area (Å²) >= 11 is 7.41. The molecule has 9 nitrogen and oxygen atoms in total. The average molecular weight is 598 g/mol. The lowest BCUT2D eigenvalue weighted by Crippen LogP contribution is -2.43. The number of amides is 1. The van der Waals surface area contributed by atoms with Gasteiger partial charge in [0, 0.05) is 18.1 Å². The Kier molecular flexibility index (Phi) is 9.67. The van der Waals surface area contributed by atoms with Crippen LogP contribution in [0.2, 0.25) is 5.02 Å². The number of fused-ring (bicyclic) bond motifs is 1. The fourth-order valence-corrected chi connectivity index (χ4v) is 5.79. The van der Waals surface area contributed by atoms with Crippen LogP contribution in [-0.4, -0.2) is 54.8 Å². The van der Waals surface area contributed by atoms with Crippen LogP contribution in [0, 0.1) is 0 Å². The van der Waals surface area contributed by atoms with Crippen LogP contribution in [0.4, 0.5) is 0 Å². The van der Waals surface area contributed by atoms with E-state index in [9.17, 15) is 14.4 Å². The fourth-order valence-electron chi connectivity index (χ4n) is 4.62. The van der Waals surface area contributed by atoms with Crippen molar-refractivity contribution in [1.82, 2.24) is 9.47 Å². The van der Waals surface area contributed by atoms with E-state index in [2.05, 4.69) is 0 Å². The first kappa shape index (κ1) is 30.1. The first-order valence-electron chi connectivity index (χ1n) is 13.3. The Labute approximate surface area is 246 Å². The normalized spacial score (nSPS) is 14.8. The largest absolute Gasteiger partial charge is 0.493 e. The van der Waals surface area contributed by atoms with Crippen LogP contribution in [0.3, 0.4) is 0 Å². The quantitative estimate of drug-likeness (QED) is 0.331. The number of hydrogen-bond donors (Lipinski definition) is 0. The van der Waals surface area contributed by atoms with E-state index in [0.29, 0.717) is 55.8 Å². The number of likely N-dealkylation sites (N-methyl/N-ethyl adjacent to an activating group) is 1. The van der Waals surface area contributed by atoms with E-state index in [1.165, 1.54) is 18.4 Å². The van der Waals surface area contributed by atoms with Crippen molar-refractivity contribution in [2.75, 3.05) is 33.4 Å². The molecule has 2 heterocycles. The SMILES string of the molecule is CCOC(=O)COc1ccc(/C=c2/sc3n(c2=O)[C@H](c2ccc(Cl)cc2)C(C(=O)N(CC)CC)=C(C)N=3)cc1OC. The summed E-state index contributed by atoms with van der Waals surface area (Å²) in [5, 5.41) is 0.558. The summed E-state index contributed by atoms with van der Waals surface area (Å²) in [5.74, 6) is 0.132. The van der Waals surface area contributed by atoms with E-state index < -0.39 is 12.0 Å². The number of aromatic nitrogens is 1. The molecule has 0 fully saturated rings. The number of ether oxygens (including phenoxy) is 3. The minimum atomic E-state index is -0.660. The molecule has 1 amide bonds. The molecular weight excluding hydrogens is 566 g/mol. The van der Waals surface area contributed by atoms with Crippen molar-refractivity contribution in [2.45, 2.75) is 33.7 Å². The molecule has 0 saturated heterocycles. The molecule has 216 valence electrons. The van der Waals surface area contributed by atoms with E-state index >= 15 is 0 Å². The number of carbonyl (C=O) groups excluding carboxylic acids is 2. The van der Waals surface area contributed by atoms with Crippen LogP contribution in [0.25, 0.3) is 6.08 Å². The first-order chi connectivity index (χ1) is 19.7. The second-order valence-electron chi connectivity index (χ2n) is 9.11. The summed E-state index contributed by atoms with van der Waals surface area (Å²) in [6.07, 6.45) is 1.74. The van der Waals surface area contributed by atoms with Crippen molar-refractivity contribution in [3.8, 4) is 11.5 Å². The van der Waals surface area contributed by atoms with E-state index in [4.69, 9.17) is 30.8 Å². The van der Waals surface area contributed by atoms with Gasteiger partial charge in [-0.05, 0) is 69.2 Å².